The summed E-state index contributed by atoms with van der Waals surface area (Å²) in [5, 5.41) is 0. The van der Waals surface area contributed by atoms with Gasteiger partial charge in [-0.3, -0.25) is 4.79 Å². The lowest BCUT2D eigenvalue weighted by Crippen LogP contribution is -2.32. The van der Waals surface area contributed by atoms with E-state index in [1.165, 1.54) is 0 Å². The van der Waals surface area contributed by atoms with Crippen molar-refractivity contribution in [2.75, 3.05) is 13.1 Å². The van der Waals surface area contributed by atoms with Crippen LogP contribution in [0.1, 0.15) is 29.8 Å². The maximum Gasteiger partial charge on any atom is 0.254 e. The summed E-state index contributed by atoms with van der Waals surface area (Å²) in [5.41, 5.74) is 2.73. The predicted molar refractivity (Wildman–Crippen MR) is 75.3 cm³/mol. The van der Waals surface area contributed by atoms with Gasteiger partial charge in [0, 0.05) is 23.1 Å². The van der Waals surface area contributed by atoms with E-state index >= 15 is 0 Å². The fraction of sp³-hybridized carbons (Fsp3) is 0.357. The van der Waals surface area contributed by atoms with Gasteiger partial charge in [0.15, 0.2) is 0 Å². The van der Waals surface area contributed by atoms with E-state index in [-0.39, 0.29) is 5.91 Å². The summed E-state index contributed by atoms with van der Waals surface area (Å²) < 4.78 is 0.967. The second-order valence-electron chi connectivity index (χ2n) is 4.19. The Hall–Kier alpha value is -1.09. The normalized spacial score (nSPS) is 10.1. The van der Waals surface area contributed by atoms with Crippen molar-refractivity contribution in [3.05, 3.63) is 46.0 Å². The number of hydrogen-bond donors (Lipinski definition) is 0. The number of carbonyl (C=O) groups is 1. The van der Waals surface area contributed by atoms with Gasteiger partial charge in [-0.05, 0) is 38.5 Å². The molecule has 0 atom stereocenters. The standard InChI is InChI=1S/C14H18BrNO/c1-5-16(9-10(2)3)14(17)12-7-6-8-13(15)11(12)4/h6-8H,2,5,9H2,1,3-4H3. The third-order valence-corrected chi connectivity index (χ3v) is 3.49. The van der Waals surface area contributed by atoms with Crippen molar-refractivity contribution in [1.29, 1.82) is 0 Å². The van der Waals surface area contributed by atoms with E-state index in [2.05, 4.69) is 22.5 Å². The molecule has 0 bridgehead atoms. The summed E-state index contributed by atoms with van der Waals surface area (Å²) >= 11 is 3.45. The third kappa shape index (κ3) is 3.43. The van der Waals surface area contributed by atoms with Crippen LogP contribution in [0.15, 0.2) is 34.8 Å². The number of rotatable bonds is 4. The maximum absolute atomic E-state index is 12.3. The quantitative estimate of drug-likeness (QED) is 0.774. The molecule has 0 unspecified atom stereocenters. The Morgan fingerprint density at radius 1 is 1.47 bits per heavy atom. The van der Waals surface area contributed by atoms with E-state index in [0.29, 0.717) is 13.1 Å². The first-order chi connectivity index (χ1) is 7.97. The molecule has 0 N–H and O–H groups in total. The van der Waals surface area contributed by atoms with Crippen LogP contribution in [-0.4, -0.2) is 23.9 Å². The molecular weight excluding hydrogens is 278 g/mol. The van der Waals surface area contributed by atoms with E-state index in [1.54, 1.807) is 4.90 Å². The Kier molecular flexibility index (Phi) is 4.94. The lowest BCUT2D eigenvalue weighted by atomic mass is 10.1. The van der Waals surface area contributed by atoms with Crippen molar-refractivity contribution in [3.63, 3.8) is 0 Å². The molecule has 0 heterocycles. The SMILES string of the molecule is C=C(C)CN(CC)C(=O)c1cccc(Br)c1C. The average Bonchev–Trinajstić information content (AvgIpc) is 2.28. The van der Waals surface area contributed by atoms with E-state index in [0.717, 1.165) is 21.2 Å². The molecule has 0 fully saturated rings. The van der Waals surface area contributed by atoms with Crippen LogP contribution in [0.3, 0.4) is 0 Å². The van der Waals surface area contributed by atoms with E-state index in [9.17, 15) is 4.79 Å². The first-order valence-corrected chi connectivity index (χ1v) is 6.45. The molecule has 92 valence electrons. The van der Waals surface area contributed by atoms with Crippen LogP contribution in [-0.2, 0) is 0 Å². The number of nitrogens with zero attached hydrogens (tertiary/aromatic N) is 1. The number of benzene rings is 1. The zero-order valence-electron chi connectivity index (χ0n) is 10.6. The smallest absolute Gasteiger partial charge is 0.254 e. The van der Waals surface area contributed by atoms with Crippen molar-refractivity contribution in [2.45, 2.75) is 20.8 Å². The number of halogens is 1. The van der Waals surface area contributed by atoms with Gasteiger partial charge in [0.05, 0.1) is 0 Å². The molecule has 0 saturated carbocycles. The van der Waals surface area contributed by atoms with Crippen molar-refractivity contribution in [3.8, 4) is 0 Å². The minimum Gasteiger partial charge on any atom is -0.335 e. The molecule has 3 heteroatoms. The highest BCUT2D eigenvalue weighted by Gasteiger charge is 2.16. The van der Waals surface area contributed by atoms with Crippen LogP contribution < -0.4 is 0 Å². The number of amides is 1. The molecule has 1 rings (SSSR count). The lowest BCUT2D eigenvalue weighted by Gasteiger charge is -2.22. The molecule has 0 saturated heterocycles. The van der Waals surface area contributed by atoms with Crippen molar-refractivity contribution in [1.82, 2.24) is 4.90 Å². The molecule has 0 aliphatic heterocycles. The topological polar surface area (TPSA) is 20.3 Å². The van der Waals surface area contributed by atoms with Crippen LogP contribution in [0, 0.1) is 6.92 Å². The predicted octanol–water partition coefficient (Wildman–Crippen LogP) is 3.80. The first kappa shape index (κ1) is 14.0. The lowest BCUT2D eigenvalue weighted by molar-refractivity contribution is 0.0777. The molecule has 0 aromatic heterocycles. The number of carbonyl (C=O) groups excluding carboxylic acids is 1. The first-order valence-electron chi connectivity index (χ1n) is 5.66. The van der Waals surface area contributed by atoms with Gasteiger partial charge in [0.1, 0.15) is 0 Å². The summed E-state index contributed by atoms with van der Waals surface area (Å²) in [7, 11) is 0. The van der Waals surface area contributed by atoms with Crippen LogP contribution in [0.25, 0.3) is 0 Å². The fourth-order valence-electron chi connectivity index (χ4n) is 1.66. The third-order valence-electron chi connectivity index (χ3n) is 2.63. The molecule has 1 amide bonds. The summed E-state index contributed by atoms with van der Waals surface area (Å²) in [6.45, 7) is 11.0. The zero-order chi connectivity index (χ0) is 13.0. The highest BCUT2D eigenvalue weighted by Crippen LogP contribution is 2.20. The molecule has 1 aromatic carbocycles. The fourth-order valence-corrected chi connectivity index (χ4v) is 2.03. The minimum absolute atomic E-state index is 0.0642. The van der Waals surface area contributed by atoms with Gasteiger partial charge in [-0.15, -0.1) is 0 Å². The van der Waals surface area contributed by atoms with E-state index in [1.807, 2.05) is 39.0 Å². The van der Waals surface area contributed by atoms with Gasteiger partial charge in [0.2, 0.25) is 0 Å². The zero-order valence-corrected chi connectivity index (χ0v) is 12.2. The van der Waals surface area contributed by atoms with Gasteiger partial charge >= 0.3 is 0 Å². The second-order valence-corrected chi connectivity index (χ2v) is 5.04. The molecule has 0 aliphatic carbocycles. The van der Waals surface area contributed by atoms with Crippen LogP contribution in [0.5, 0.6) is 0 Å². The summed E-state index contributed by atoms with van der Waals surface area (Å²) in [5.74, 6) is 0.0642. The molecule has 0 spiro atoms. The molecule has 2 nitrogen and oxygen atoms in total. The van der Waals surface area contributed by atoms with Crippen molar-refractivity contribution in [2.24, 2.45) is 0 Å². The molecular formula is C14H18BrNO. The molecule has 17 heavy (non-hydrogen) atoms. The summed E-state index contributed by atoms with van der Waals surface area (Å²) in [4.78, 5) is 14.2. The second kappa shape index (κ2) is 6.01. The summed E-state index contributed by atoms with van der Waals surface area (Å²) in [6, 6.07) is 5.70. The highest BCUT2D eigenvalue weighted by atomic mass is 79.9. The van der Waals surface area contributed by atoms with Crippen molar-refractivity contribution < 1.29 is 4.79 Å². The Balaban J connectivity index is 3.02. The Bertz CT molecular complexity index is 440. The minimum atomic E-state index is 0.0642. The van der Waals surface area contributed by atoms with Crippen LogP contribution >= 0.6 is 15.9 Å². The average molecular weight is 296 g/mol. The monoisotopic (exact) mass is 295 g/mol. The maximum atomic E-state index is 12.3. The van der Waals surface area contributed by atoms with Gasteiger partial charge in [-0.25, -0.2) is 0 Å². The van der Waals surface area contributed by atoms with Gasteiger partial charge in [0.25, 0.3) is 5.91 Å². The largest absolute Gasteiger partial charge is 0.335 e. The van der Waals surface area contributed by atoms with Gasteiger partial charge in [-0.1, -0.05) is 34.1 Å². The summed E-state index contributed by atoms with van der Waals surface area (Å²) in [6.07, 6.45) is 0. The Morgan fingerprint density at radius 2 is 2.12 bits per heavy atom. The molecule has 0 aliphatic rings. The number of hydrogen-bond acceptors (Lipinski definition) is 1. The Labute approximate surface area is 111 Å². The molecule has 0 radical (unpaired) electrons. The Morgan fingerprint density at radius 3 is 2.65 bits per heavy atom. The van der Waals surface area contributed by atoms with Crippen molar-refractivity contribution >= 4 is 21.8 Å². The van der Waals surface area contributed by atoms with Gasteiger partial charge in [-0.2, -0.15) is 0 Å². The number of likely N-dealkylation sites (N-methyl/N-ethyl adjacent to an activating group) is 1. The van der Waals surface area contributed by atoms with E-state index < -0.39 is 0 Å². The van der Waals surface area contributed by atoms with Crippen LogP contribution in [0.2, 0.25) is 0 Å². The van der Waals surface area contributed by atoms with Crippen LogP contribution in [0.4, 0.5) is 0 Å². The highest BCUT2D eigenvalue weighted by molar-refractivity contribution is 9.10. The molecule has 1 aromatic rings. The van der Waals surface area contributed by atoms with Gasteiger partial charge < -0.3 is 4.90 Å². The van der Waals surface area contributed by atoms with E-state index in [4.69, 9.17) is 0 Å².